The average Bonchev–Trinajstić information content (AvgIpc) is 1.95. The topological polar surface area (TPSA) is 32.3 Å². The summed E-state index contributed by atoms with van der Waals surface area (Å²) in [7, 11) is 3.48. The highest BCUT2D eigenvalue weighted by Crippen LogP contribution is 1.96. The van der Waals surface area contributed by atoms with E-state index in [9.17, 15) is 4.79 Å². The number of hydrogen-bond donors (Lipinski definition) is 1. The molecule has 1 N–H and O–H groups in total. The van der Waals surface area contributed by atoms with Crippen molar-refractivity contribution >= 4 is 5.91 Å². The predicted octanol–water partition coefficient (Wildman–Crippen LogP) is 1.02. The first-order valence-electron chi connectivity index (χ1n) is 4.46. The van der Waals surface area contributed by atoms with Gasteiger partial charge < -0.3 is 10.2 Å². The van der Waals surface area contributed by atoms with Crippen molar-refractivity contribution in [1.29, 1.82) is 0 Å². The molecule has 1 amide bonds. The van der Waals surface area contributed by atoms with Crippen LogP contribution in [0.25, 0.3) is 0 Å². The van der Waals surface area contributed by atoms with Crippen LogP contribution < -0.4 is 5.32 Å². The van der Waals surface area contributed by atoms with Crippen LogP contribution in [0.2, 0.25) is 0 Å². The SMILES string of the molecule is CN(C)C(=O)/C=C/CNC(C)(C)C. The zero-order valence-corrected chi connectivity index (χ0v) is 9.22. The molecule has 0 aliphatic carbocycles. The van der Waals surface area contributed by atoms with Crippen LogP contribution in [0.3, 0.4) is 0 Å². The number of rotatable bonds is 3. The van der Waals surface area contributed by atoms with Crippen LogP contribution in [0.1, 0.15) is 20.8 Å². The minimum atomic E-state index is 0.0238. The minimum absolute atomic E-state index is 0.0238. The van der Waals surface area contributed by atoms with Gasteiger partial charge in [-0.1, -0.05) is 6.08 Å². The van der Waals surface area contributed by atoms with Crippen LogP contribution in [-0.2, 0) is 4.79 Å². The Balaban J connectivity index is 3.71. The fraction of sp³-hybridized carbons (Fsp3) is 0.700. The number of nitrogens with one attached hydrogen (secondary N) is 1. The van der Waals surface area contributed by atoms with Gasteiger partial charge >= 0.3 is 0 Å². The molecule has 3 nitrogen and oxygen atoms in total. The van der Waals surface area contributed by atoms with Crippen molar-refractivity contribution in [2.24, 2.45) is 0 Å². The van der Waals surface area contributed by atoms with Crippen LogP contribution in [-0.4, -0.2) is 37.0 Å². The summed E-state index contributed by atoms with van der Waals surface area (Å²) in [6.45, 7) is 7.00. The lowest BCUT2D eigenvalue weighted by atomic mass is 10.1. The lowest BCUT2D eigenvalue weighted by molar-refractivity contribution is -0.123. The van der Waals surface area contributed by atoms with E-state index in [0.29, 0.717) is 0 Å². The highest BCUT2D eigenvalue weighted by atomic mass is 16.2. The first-order chi connectivity index (χ1) is 5.83. The molecule has 0 aliphatic heterocycles. The molecule has 0 aliphatic rings. The van der Waals surface area contributed by atoms with E-state index in [1.807, 2.05) is 6.08 Å². The van der Waals surface area contributed by atoms with E-state index >= 15 is 0 Å². The van der Waals surface area contributed by atoms with Gasteiger partial charge in [0.25, 0.3) is 0 Å². The normalized spacial score (nSPS) is 12.1. The Bertz CT molecular complexity index is 190. The summed E-state index contributed by atoms with van der Waals surface area (Å²) in [5.41, 5.74) is 0.103. The molecule has 0 spiro atoms. The van der Waals surface area contributed by atoms with Crippen LogP contribution in [0, 0.1) is 0 Å². The summed E-state index contributed by atoms with van der Waals surface area (Å²) in [6, 6.07) is 0. The molecular formula is C10H20N2O. The molecule has 13 heavy (non-hydrogen) atoms. The Morgan fingerprint density at radius 3 is 2.31 bits per heavy atom. The summed E-state index contributed by atoms with van der Waals surface area (Å²) >= 11 is 0. The molecule has 3 heteroatoms. The van der Waals surface area contributed by atoms with E-state index in [1.165, 1.54) is 0 Å². The van der Waals surface area contributed by atoms with Crippen molar-refractivity contribution < 1.29 is 4.79 Å². The summed E-state index contributed by atoms with van der Waals surface area (Å²) in [6.07, 6.45) is 3.42. The molecule has 0 atom stereocenters. The van der Waals surface area contributed by atoms with Gasteiger partial charge in [0.05, 0.1) is 0 Å². The molecule has 0 saturated carbocycles. The second-order valence-electron chi connectivity index (χ2n) is 4.27. The quantitative estimate of drug-likeness (QED) is 0.664. The van der Waals surface area contributed by atoms with Gasteiger partial charge in [0.1, 0.15) is 0 Å². The monoisotopic (exact) mass is 184 g/mol. The van der Waals surface area contributed by atoms with Gasteiger partial charge in [0.2, 0.25) is 5.91 Å². The van der Waals surface area contributed by atoms with Gasteiger partial charge in [-0.15, -0.1) is 0 Å². The Morgan fingerprint density at radius 1 is 1.38 bits per heavy atom. The molecule has 0 rings (SSSR count). The number of nitrogens with zero attached hydrogens (tertiary/aromatic N) is 1. The summed E-state index contributed by atoms with van der Waals surface area (Å²) in [4.78, 5) is 12.6. The molecule has 76 valence electrons. The lowest BCUT2D eigenvalue weighted by Gasteiger charge is -2.18. The van der Waals surface area contributed by atoms with Crippen molar-refractivity contribution in [3.63, 3.8) is 0 Å². The maximum absolute atomic E-state index is 11.1. The standard InChI is InChI=1S/C10H20N2O/c1-10(2,3)11-8-6-7-9(13)12(4)5/h6-7,11H,8H2,1-5H3/b7-6+. The van der Waals surface area contributed by atoms with E-state index in [4.69, 9.17) is 0 Å². The van der Waals surface area contributed by atoms with Gasteiger partial charge in [-0.2, -0.15) is 0 Å². The largest absolute Gasteiger partial charge is 0.345 e. The number of hydrogen-bond acceptors (Lipinski definition) is 2. The number of likely N-dealkylation sites (N-methyl/N-ethyl adjacent to an activating group) is 1. The fourth-order valence-corrected chi connectivity index (χ4v) is 0.674. The zero-order valence-electron chi connectivity index (χ0n) is 9.22. The van der Waals surface area contributed by atoms with Crippen LogP contribution in [0.4, 0.5) is 0 Å². The third kappa shape index (κ3) is 7.53. The average molecular weight is 184 g/mol. The Morgan fingerprint density at radius 2 is 1.92 bits per heavy atom. The Labute approximate surface area is 80.8 Å². The van der Waals surface area contributed by atoms with Crippen LogP contribution in [0.5, 0.6) is 0 Å². The smallest absolute Gasteiger partial charge is 0.245 e. The van der Waals surface area contributed by atoms with E-state index in [2.05, 4.69) is 26.1 Å². The molecule has 0 aromatic carbocycles. The Kier molecular flexibility index (Phi) is 4.70. The highest BCUT2D eigenvalue weighted by molar-refractivity contribution is 5.87. The van der Waals surface area contributed by atoms with Gasteiger partial charge in [0, 0.05) is 32.3 Å². The molecule has 0 aromatic rings. The van der Waals surface area contributed by atoms with Crippen LogP contribution in [0.15, 0.2) is 12.2 Å². The van der Waals surface area contributed by atoms with E-state index in [-0.39, 0.29) is 11.4 Å². The van der Waals surface area contributed by atoms with Crippen molar-refractivity contribution in [2.75, 3.05) is 20.6 Å². The Hall–Kier alpha value is -0.830. The summed E-state index contributed by atoms with van der Waals surface area (Å²) in [5, 5.41) is 3.26. The van der Waals surface area contributed by atoms with Gasteiger partial charge in [-0.05, 0) is 20.8 Å². The molecule has 0 bridgehead atoms. The summed E-state index contributed by atoms with van der Waals surface area (Å²) in [5.74, 6) is 0.0238. The molecule has 0 saturated heterocycles. The zero-order chi connectivity index (χ0) is 10.5. The lowest BCUT2D eigenvalue weighted by Crippen LogP contribution is -2.35. The molecular weight excluding hydrogens is 164 g/mol. The van der Waals surface area contributed by atoms with Gasteiger partial charge in [0.15, 0.2) is 0 Å². The number of carbonyl (C=O) groups excluding carboxylic acids is 1. The number of carbonyl (C=O) groups is 1. The van der Waals surface area contributed by atoms with Crippen molar-refractivity contribution in [3.05, 3.63) is 12.2 Å². The molecule has 0 heterocycles. The first kappa shape index (κ1) is 12.2. The molecule has 0 aromatic heterocycles. The van der Waals surface area contributed by atoms with Crippen molar-refractivity contribution in [3.8, 4) is 0 Å². The third-order valence-corrected chi connectivity index (χ3v) is 1.45. The second-order valence-corrected chi connectivity index (χ2v) is 4.27. The fourth-order valence-electron chi connectivity index (χ4n) is 0.674. The second kappa shape index (κ2) is 5.02. The highest BCUT2D eigenvalue weighted by Gasteiger charge is 2.06. The third-order valence-electron chi connectivity index (χ3n) is 1.45. The van der Waals surface area contributed by atoms with Gasteiger partial charge in [-0.25, -0.2) is 0 Å². The molecule has 0 fully saturated rings. The van der Waals surface area contributed by atoms with Crippen LogP contribution >= 0.6 is 0 Å². The summed E-state index contributed by atoms with van der Waals surface area (Å²) < 4.78 is 0. The molecule has 0 radical (unpaired) electrons. The molecule has 0 unspecified atom stereocenters. The first-order valence-corrected chi connectivity index (χ1v) is 4.46. The number of amides is 1. The maximum Gasteiger partial charge on any atom is 0.245 e. The maximum atomic E-state index is 11.1. The van der Waals surface area contributed by atoms with E-state index in [1.54, 1.807) is 25.1 Å². The minimum Gasteiger partial charge on any atom is -0.345 e. The van der Waals surface area contributed by atoms with Crippen molar-refractivity contribution in [1.82, 2.24) is 10.2 Å². The van der Waals surface area contributed by atoms with Crippen molar-refractivity contribution in [2.45, 2.75) is 26.3 Å². The van der Waals surface area contributed by atoms with E-state index in [0.717, 1.165) is 6.54 Å². The van der Waals surface area contributed by atoms with Gasteiger partial charge in [-0.3, -0.25) is 4.79 Å². The van der Waals surface area contributed by atoms with E-state index < -0.39 is 0 Å². The predicted molar refractivity (Wildman–Crippen MR) is 55.6 cm³/mol.